The second kappa shape index (κ2) is 6.78. The third kappa shape index (κ3) is 3.86. The standard InChI is InChI=1S/C14H22N2O5/c1-2-21-13(19)11-4-3-5-15(9-11)14(20)16-7-10(8-16)6-12(17)18/h10-11H,2-9H2,1H3,(H,17,18). The van der Waals surface area contributed by atoms with Gasteiger partial charge in [-0.05, 0) is 19.8 Å². The Labute approximate surface area is 123 Å². The van der Waals surface area contributed by atoms with E-state index >= 15 is 0 Å². The highest BCUT2D eigenvalue weighted by atomic mass is 16.5. The molecule has 2 rings (SSSR count). The first-order valence-corrected chi connectivity index (χ1v) is 7.43. The molecule has 0 aromatic carbocycles. The van der Waals surface area contributed by atoms with Gasteiger partial charge in [0.25, 0.3) is 0 Å². The number of aliphatic carboxylic acids is 1. The highest BCUT2D eigenvalue weighted by molar-refractivity contribution is 5.78. The second-order valence-corrected chi connectivity index (χ2v) is 5.69. The van der Waals surface area contributed by atoms with Gasteiger partial charge in [-0.1, -0.05) is 0 Å². The zero-order chi connectivity index (χ0) is 15.4. The zero-order valence-electron chi connectivity index (χ0n) is 12.3. The van der Waals surface area contributed by atoms with E-state index in [4.69, 9.17) is 9.84 Å². The molecule has 0 aromatic rings. The number of hydrogen-bond acceptors (Lipinski definition) is 4. The van der Waals surface area contributed by atoms with Crippen LogP contribution in [0.15, 0.2) is 0 Å². The predicted octanol–water partition coefficient (Wildman–Crippen LogP) is 0.788. The number of nitrogens with zero attached hydrogens (tertiary/aromatic N) is 2. The summed E-state index contributed by atoms with van der Waals surface area (Å²) in [6.45, 7) is 4.16. The van der Waals surface area contributed by atoms with Crippen molar-refractivity contribution in [2.24, 2.45) is 11.8 Å². The minimum atomic E-state index is -0.826. The van der Waals surface area contributed by atoms with Gasteiger partial charge in [-0.2, -0.15) is 0 Å². The van der Waals surface area contributed by atoms with Gasteiger partial charge in [0.15, 0.2) is 0 Å². The fourth-order valence-corrected chi connectivity index (χ4v) is 2.91. The van der Waals surface area contributed by atoms with Crippen molar-refractivity contribution in [1.29, 1.82) is 0 Å². The fraction of sp³-hybridized carbons (Fsp3) is 0.786. The summed E-state index contributed by atoms with van der Waals surface area (Å²) in [6.07, 6.45) is 1.65. The Hall–Kier alpha value is -1.79. The lowest BCUT2D eigenvalue weighted by Crippen LogP contribution is -2.57. The Bertz CT molecular complexity index is 420. The molecule has 0 aromatic heterocycles. The lowest BCUT2D eigenvalue weighted by atomic mass is 9.95. The quantitative estimate of drug-likeness (QED) is 0.775. The number of carboxylic acid groups (broad SMARTS) is 1. The molecule has 2 aliphatic heterocycles. The Kier molecular flexibility index (Phi) is 5.03. The molecule has 118 valence electrons. The summed E-state index contributed by atoms with van der Waals surface area (Å²) in [7, 11) is 0. The van der Waals surface area contributed by atoms with E-state index in [0.717, 1.165) is 12.8 Å². The minimum absolute atomic E-state index is 0.0529. The van der Waals surface area contributed by atoms with Crippen molar-refractivity contribution >= 4 is 18.0 Å². The van der Waals surface area contributed by atoms with Gasteiger partial charge in [0.2, 0.25) is 0 Å². The summed E-state index contributed by atoms with van der Waals surface area (Å²) in [5.74, 6) is -1.24. The van der Waals surface area contributed by atoms with Crippen molar-refractivity contribution in [2.45, 2.75) is 26.2 Å². The molecule has 1 N–H and O–H groups in total. The van der Waals surface area contributed by atoms with E-state index in [1.807, 2.05) is 0 Å². The van der Waals surface area contributed by atoms with Crippen molar-refractivity contribution in [1.82, 2.24) is 9.80 Å². The molecule has 0 radical (unpaired) electrons. The van der Waals surface area contributed by atoms with Crippen LogP contribution in [0.3, 0.4) is 0 Å². The molecule has 0 saturated carbocycles. The van der Waals surface area contributed by atoms with E-state index in [-0.39, 0.29) is 30.3 Å². The molecule has 2 aliphatic rings. The van der Waals surface area contributed by atoms with Crippen LogP contribution in [0, 0.1) is 11.8 Å². The molecule has 0 spiro atoms. The van der Waals surface area contributed by atoms with Crippen LogP contribution in [0.4, 0.5) is 4.79 Å². The molecule has 1 unspecified atom stereocenters. The average molecular weight is 298 g/mol. The Morgan fingerprint density at radius 2 is 1.90 bits per heavy atom. The normalized spacial score (nSPS) is 22.6. The van der Waals surface area contributed by atoms with Gasteiger partial charge in [-0.15, -0.1) is 0 Å². The third-order valence-electron chi connectivity index (χ3n) is 4.00. The van der Waals surface area contributed by atoms with E-state index in [1.54, 1.807) is 16.7 Å². The predicted molar refractivity (Wildman–Crippen MR) is 73.6 cm³/mol. The summed E-state index contributed by atoms with van der Waals surface area (Å²) < 4.78 is 5.02. The van der Waals surface area contributed by atoms with Crippen molar-refractivity contribution in [2.75, 3.05) is 32.8 Å². The summed E-state index contributed by atoms with van der Waals surface area (Å²) in [5, 5.41) is 8.70. The third-order valence-corrected chi connectivity index (χ3v) is 4.00. The molecule has 2 saturated heterocycles. The van der Waals surface area contributed by atoms with Crippen molar-refractivity contribution in [3.8, 4) is 0 Å². The van der Waals surface area contributed by atoms with Crippen LogP contribution in [-0.4, -0.2) is 65.7 Å². The SMILES string of the molecule is CCOC(=O)C1CCCN(C(=O)N2CC(CC(=O)O)C2)C1. The number of piperidine rings is 1. The van der Waals surface area contributed by atoms with Crippen LogP contribution in [0.25, 0.3) is 0 Å². The maximum absolute atomic E-state index is 12.3. The zero-order valence-corrected chi connectivity index (χ0v) is 12.3. The van der Waals surface area contributed by atoms with Crippen LogP contribution in [0.5, 0.6) is 0 Å². The molecular formula is C14H22N2O5. The molecule has 0 aliphatic carbocycles. The smallest absolute Gasteiger partial charge is 0.320 e. The molecule has 1 atom stereocenters. The first kappa shape index (κ1) is 15.6. The molecule has 0 bridgehead atoms. The number of rotatable bonds is 4. The highest BCUT2D eigenvalue weighted by Gasteiger charge is 2.37. The van der Waals surface area contributed by atoms with E-state index in [1.165, 1.54) is 0 Å². The van der Waals surface area contributed by atoms with E-state index in [0.29, 0.717) is 32.8 Å². The van der Waals surface area contributed by atoms with E-state index in [2.05, 4.69) is 0 Å². The van der Waals surface area contributed by atoms with Crippen molar-refractivity contribution in [3.63, 3.8) is 0 Å². The van der Waals surface area contributed by atoms with Gasteiger partial charge in [0.1, 0.15) is 0 Å². The molecular weight excluding hydrogens is 276 g/mol. The number of hydrogen-bond donors (Lipinski definition) is 1. The van der Waals surface area contributed by atoms with E-state index in [9.17, 15) is 14.4 Å². The maximum Gasteiger partial charge on any atom is 0.320 e. The molecule has 2 fully saturated rings. The van der Waals surface area contributed by atoms with Gasteiger partial charge in [-0.25, -0.2) is 4.79 Å². The lowest BCUT2D eigenvalue weighted by molar-refractivity contribution is -0.149. The molecule has 7 nitrogen and oxygen atoms in total. The van der Waals surface area contributed by atoms with Crippen LogP contribution >= 0.6 is 0 Å². The monoisotopic (exact) mass is 298 g/mol. The highest BCUT2D eigenvalue weighted by Crippen LogP contribution is 2.24. The summed E-state index contributed by atoms with van der Waals surface area (Å²) in [6, 6.07) is -0.0920. The van der Waals surface area contributed by atoms with Gasteiger partial charge in [0, 0.05) is 32.1 Å². The number of urea groups is 1. The Morgan fingerprint density at radius 1 is 1.19 bits per heavy atom. The largest absolute Gasteiger partial charge is 0.481 e. The molecule has 21 heavy (non-hydrogen) atoms. The van der Waals surface area contributed by atoms with Crippen LogP contribution in [0.1, 0.15) is 26.2 Å². The van der Waals surface area contributed by atoms with Crippen molar-refractivity contribution < 1.29 is 24.2 Å². The van der Waals surface area contributed by atoms with Crippen LogP contribution in [0.2, 0.25) is 0 Å². The number of amides is 2. The number of likely N-dealkylation sites (tertiary alicyclic amines) is 2. The van der Waals surface area contributed by atoms with Crippen LogP contribution in [-0.2, 0) is 14.3 Å². The fourth-order valence-electron chi connectivity index (χ4n) is 2.91. The molecule has 2 amide bonds. The molecule has 2 heterocycles. The number of carboxylic acids is 1. The summed E-state index contributed by atoms with van der Waals surface area (Å²) in [5.41, 5.74) is 0. The summed E-state index contributed by atoms with van der Waals surface area (Å²) in [4.78, 5) is 38.0. The maximum atomic E-state index is 12.3. The van der Waals surface area contributed by atoms with Crippen molar-refractivity contribution in [3.05, 3.63) is 0 Å². The Morgan fingerprint density at radius 3 is 2.52 bits per heavy atom. The van der Waals surface area contributed by atoms with Gasteiger partial charge < -0.3 is 19.6 Å². The number of carbonyl (C=O) groups is 3. The first-order chi connectivity index (χ1) is 10.0. The first-order valence-electron chi connectivity index (χ1n) is 7.43. The average Bonchev–Trinajstić information content (AvgIpc) is 2.42. The number of esters is 1. The second-order valence-electron chi connectivity index (χ2n) is 5.69. The van der Waals surface area contributed by atoms with Gasteiger partial charge in [0.05, 0.1) is 18.9 Å². The number of carbonyl (C=O) groups excluding carboxylic acids is 2. The van der Waals surface area contributed by atoms with Gasteiger partial charge in [-0.3, -0.25) is 9.59 Å². The van der Waals surface area contributed by atoms with E-state index < -0.39 is 5.97 Å². The van der Waals surface area contributed by atoms with Gasteiger partial charge >= 0.3 is 18.0 Å². The summed E-state index contributed by atoms with van der Waals surface area (Å²) >= 11 is 0. The number of ether oxygens (including phenoxy) is 1. The van der Waals surface area contributed by atoms with Crippen LogP contribution < -0.4 is 0 Å². The Balaban J connectivity index is 1.80. The lowest BCUT2D eigenvalue weighted by Gasteiger charge is -2.43. The molecule has 7 heteroatoms. The minimum Gasteiger partial charge on any atom is -0.481 e. The topological polar surface area (TPSA) is 87.2 Å².